The summed E-state index contributed by atoms with van der Waals surface area (Å²) in [6, 6.07) is 27.7. The molecule has 0 radical (unpaired) electrons. The van der Waals surface area contributed by atoms with Gasteiger partial charge in [0.15, 0.2) is 8.32 Å². The monoisotopic (exact) mass is 608 g/mol. The highest BCUT2D eigenvalue weighted by Gasteiger charge is 2.50. The summed E-state index contributed by atoms with van der Waals surface area (Å²) in [4.78, 5) is 11.6. The highest BCUT2D eigenvalue weighted by Crippen LogP contribution is 2.43. The molecule has 0 aromatic heterocycles. The number of carbonyl (C=O) groups is 1. The van der Waals surface area contributed by atoms with Gasteiger partial charge in [0, 0.05) is 17.5 Å². The molecular weight excluding hydrogens is 566 g/mol. The van der Waals surface area contributed by atoms with E-state index in [0.29, 0.717) is 12.0 Å². The van der Waals surface area contributed by atoms with E-state index in [1.165, 1.54) is 34.6 Å². The molecule has 0 heterocycles. The number of carbonyl (C=O) groups excluding carboxylic acids is 1. The predicted octanol–water partition coefficient (Wildman–Crippen LogP) is 8.63. The number of halogens is 3. The molecule has 0 fully saturated rings. The topological polar surface area (TPSA) is 26.3 Å². The number of benzene rings is 3. The fraction of sp³-hybridized carbons (Fsp3) is 0.400. The molecule has 0 bridgehead atoms. The number of ketones is 1. The third kappa shape index (κ3) is 7.72. The average Bonchev–Trinajstić information content (AvgIpc) is 2.90. The van der Waals surface area contributed by atoms with Gasteiger partial charge in [-0.3, -0.25) is 4.79 Å². The summed E-state index contributed by atoms with van der Waals surface area (Å²) in [6.07, 6.45) is -4.56. The first-order valence-electron chi connectivity index (χ1n) is 14.4. The highest BCUT2D eigenvalue weighted by molar-refractivity contribution is 7.04. The molecule has 0 aliphatic heterocycles. The van der Waals surface area contributed by atoms with E-state index in [2.05, 4.69) is 127 Å². The van der Waals surface area contributed by atoms with Crippen LogP contribution in [-0.2, 0) is 4.43 Å². The van der Waals surface area contributed by atoms with Gasteiger partial charge in [0.25, 0.3) is 5.78 Å². The van der Waals surface area contributed by atoms with Gasteiger partial charge < -0.3 is 4.43 Å². The number of hydrogen-bond donors (Lipinski definition) is 0. The summed E-state index contributed by atoms with van der Waals surface area (Å²) in [7, 11) is -4.64. The molecule has 1 atom stereocenters. The molecule has 224 valence electrons. The molecule has 0 spiro atoms. The van der Waals surface area contributed by atoms with Crippen molar-refractivity contribution in [3.05, 3.63) is 96.1 Å². The van der Waals surface area contributed by atoms with Crippen molar-refractivity contribution in [2.75, 3.05) is 0 Å². The summed E-state index contributed by atoms with van der Waals surface area (Å²) in [5.74, 6) is 4.56. The van der Waals surface area contributed by atoms with Crippen LogP contribution in [0.1, 0.15) is 63.9 Å². The lowest BCUT2D eigenvalue weighted by molar-refractivity contribution is -0.0885. The number of hydrogen-bond acceptors (Lipinski definition) is 2. The summed E-state index contributed by atoms with van der Waals surface area (Å²) in [5.41, 5.74) is 0.170. The van der Waals surface area contributed by atoms with E-state index < -0.39 is 28.4 Å². The van der Waals surface area contributed by atoms with Crippen molar-refractivity contribution in [1.82, 2.24) is 0 Å². The van der Waals surface area contributed by atoms with Gasteiger partial charge in [-0.1, -0.05) is 124 Å². The smallest absolute Gasteiger partial charge is 0.413 e. The molecule has 0 saturated heterocycles. The Morgan fingerprint density at radius 3 is 1.64 bits per heavy atom. The van der Waals surface area contributed by atoms with Crippen molar-refractivity contribution in [1.29, 1.82) is 0 Å². The van der Waals surface area contributed by atoms with Crippen LogP contribution in [0.2, 0.25) is 29.2 Å². The zero-order valence-electron chi connectivity index (χ0n) is 26.0. The zero-order valence-corrected chi connectivity index (χ0v) is 28.0. The summed E-state index contributed by atoms with van der Waals surface area (Å²) >= 11 is 0. The van der Waals surface area contributed by atoms with Crippen LogP contribution in [0.4, 0.5) is 13.2 Å². The molecule has 0 amide bonds. The Labute approximate surface area is 251 Å². The molecule has 0 saturated carbocycles. The second-order valence-electron chi connectivity index (χ2n) is 13.5. The normalized spacial score (nSPS) is 13.7. The van der Waals surface area contributed by atoms with Gasteiger partial charge in [-0.2, -0.15) is 13.2 Å². The van der Waals surface area contributed by atoms with Crippen LogP contribution in [0.15, 0.2) is 84.9 Å². The molecule has 3 aromatic rings. The van der Waals surface area contributed by atoms with E-state index in [1.54, 1.807) is 0 Å². The van der Waals surface area contributed by atoms with Gasteiger partial charge >= 0.3 is 6.18 Å². The van der Waals surface area contributed by atoms with Crippen LogP contribution < -0.4 is 10.4 Å². The molecule has 3 rings (SSSR count). The van der Waals surface area contributed by atoms with Gasteiger partial charge in [-0.05, 0) is 53.5 Å². The molecule has 42 heavy (non-hydrogen) atoms. The first-order chi connectivity index (χ1) is 19.4. The van der Waals surface area contributed by atoms with Crippen LogP contribution in [0.25, 0.3) is 0 Å². The minimum absolute atomic E-state index is 0.00493. The van der Waals surface area contributed by atoms with Crippen LogP contribution in [0, 0.1) is 11.8 Å². The van der Waals surface area contributed by atoms with E-state index in [4.69, 9.17) is 4.43 Å². The van der Waals surface area contributed by atoms with E-state index >= 15 is 0 Å². The molecule has 3 aromatic carbocycles. The number of rotatable bonds is 8. The standard InChI is InChI=1S/C35H43F3O2Si2/c1-33(2,3)41(7,8)40-29(17-15-16-27-22-24-28(25-23-27)32(39)35(36,37)38)26-42(34(4,5)6,30-18-11-9-12-19-30)31-20-13-10-14-21-31/h9-14,18-25,29H,17,26H2,1-8H3/t29-/m0/s1. The minimum Gasteiger partial charge on any atom is -0.413 e. The molecule has 0 aliphatic carbocycles. The maximum atomic E-state index is 12.8. The average molecular weight is 609 g/mol. The van der Waals surface area contributed by atoms with E-state index in [9.17, 15) is 18.0 Å². The molecule has 0 unspecified atom stereocenters. The van der Waals surface area contributed by atoms with Gasteiger partial charge in [0.1, 0.15) is 8.07 Å². The lowest BCUT2D eigenvalue weighted by Crippen LogP contribution is -2.66. The Hall–Kier alpha value is -2.93. The second kappa shape index (κ2) is 12.7. The van der Waals surface area contributed by atoms with Crippen molar-refractivity contribution in [2.45, 2.75) is 89.5 Å². The van der Waals surface area contributed by atoms with Crippen molar-refractivity contribution in [3.63, 3.8) is 0 Å². The third-order valence-corrected chi connectivity index (χ3v) is 19.4. The third-order valence-electron chi connectivity index (χ3n) is 8.58. The second-order valence-corrected chi connectivity index (χ2v) is 23.1. The first kappa shape index (κ1) is 33.6. The van der Waals surface area contributed by atoms with Crippen LogP contribution in [0.5, 0.6) is 0 Å². The zero-order chi connectivity index (χ0) is 31.4. The first-order valence-corrected chi connectivity index (χ1v) is 19.5. The molecule has 7 heteroatoms. The quantitative estimate of drug-likeness (QED) is 0.145. The molecular formula is C35H43F3O2Si2. The Kier molecular flexibility index (Phi) is 10.2. The summed E-state index contributed by atoms with van der Waals surface area (Å²) in [5, 5.41) is 2.67. The van der Waals surface area contributed by atoms with Gasteiger partial charge in [0.05, 0.1) is 6.10 Å². The van der Waals surface area contributed by atoms with Crippen LogP contribution in [0.3, 0.4) is 0 Å². The van der Waals surface area contributed by atoms with Gasteiger partial charge in [-0.25, -0.2) is 0 Å². The van der Waals surface area contributed by atoms with E-state index in [1.807, 2.05) is 0 Å². The Balaban J connectivity index is 2.06. The number of Topliss-reactive ketones (excluding diaryl/α,β-unsaturated/α-hetero) is 1. The summed E-state index contributed by atoms with van der Waals surface area (Å²) < 4.78 is 45.6. The lowest BCUT2D eigenvalue weighted by Gasteiger charge is -2.47. The van der Waals surface area contributed by atoms with Crippen molar-refractivity contribution < 1.29 is 22.4 Å². The maximum Gasteiger partial charge on any atom is 0.454 e. The Morgan fingerprint density at radius 1 is 0.762 bits per heavy atom. The Bertz CT molecular complexity index is 1350. The van der Waals surface area contributed by atoms with Gasteiger partial charge in [0.2, 0.25) is 0 Å². The SMILES string of the molecule is CC(C)(C)[Si](C)(C)O[C@@H](CC#Cc1ccc(C(=O)C(F)(F)F)cc1)C[Si](c1ccccc1)(c1ccccc1)C(C)(C)C. The molecule has 0 aliphatic rings. The fourth-order valence-corrected chi connectivity index (χ4v) is 12.3. The maximum absolute atomic E-state index is 12.8. The fourth-order valence-electron chi connectivity index (χ4n) is 5.25. The lowest BCUT2D eigenvalue weighted by atomic mass is 10.1. The van der Waals surface area contributed by atoms with Crippen molar-refractivity contribution in [3.8, 4) is 11.8 Å². The van der Waals surface area contributed by atoms with Crippen LogP contribution in [-0.4, -0.2) is 34.5 Å². The van der Waals surface area contributed by atoms with Crippen molar-refractivity contribution >= 4 is 32.5 Å². The van der Waals surface area contributed by atoms with Crippen molar-refractivity contribution in [2.24, 2.45) is 0 Å². The predicted molar refractivity (Wildman–Crippen MR) is 173 cm³/mol. The number of alkyl halides is 3. The highest BCUT2D eigenvalue weighted by atomic mass is 28.4. The van der Waals surface area contributed by atoms with Gasteiger partial charge in [-0.15, -0.1) is 0 Å². The molecule has 2 nitrogen and oxygen atoms in total. The largest absolute Gasteiger partial charge is 0.454 e. The van der Waals surface area contributed by atoms with E-state index in [0.717, 1.165) is 6.04 Å². The van der Waals surface area contributed by atoms with Crippen LogP contribution >= 0.6 is 0 Å². The van der Waals surface area contributed by atoms with E-state index in [-0.39, 0.29) is 21.7 Å². The Morgan fingerprint density at radius 2 is 1.24 bits per heavy atom. The minimum atomic E-state index is -4.90. The molecule has 0 N–H and O–H groups in total. The summed E-state index contributed by atoms with van der Waals surface area (Å²) in [6.45, 7) is 18.2.